The maximum Gasteiger partial charge on any atom is 0.287 e. The minimum absolute atomic E-state index is 0.0137. The molecule has 36 heavy (non-hydrogen) atoms. The fraction of sp³-hybridized carbons (Fsp3) is 0.259. The molecule has 3 aromatic carbocycles. The van der Waals surface area contributed by atoms with E-state index in [-0.39, 0.29) is 29.5 Å². The van der Waals surface area contributed by atoms with E-state index in [1.807, 2.05) is 61.5 Å². The molecule has 1 atom stereocenters. The van der Waals surface area contributed by atoms with Crippen LogP contribution in [-0.4, -0.2) is 51.9 Å². The van der Waals surface area contributed by atoms with E-state index in [2.05, 4.69) is 5.32 Å². The SMILES string of the molecule is COc1ccc(C)cc1NC(=O)[C@@H](c1ccccc1)[NH+]1CCN(S(=O)(=O)c2ccccc2C#N)CC1. The molecular weight excluding hydrogens is 476 g/mol. The van der Waals surface area contributed by atoms with Gasteiger partial charge in [-0.3, -0.25) is 4.79 Å². The molecule has 3 aromatic rings. The Kier molecular flexibility index (Phi) is 7.70. The smallest absolute Gasteiger partial charge is 0.287 e. The molecule has 0 saturated carbocycles. The van der Waals surface area contributed by atoms with Gasteiger partial charge in [-0.1, -0.05) is 48.5 Å². The minimum atomic E-state index is -3.82. The number of aryl methyl sites for hydroxylation is 1. The Bertz CT molecular complexity index is 1380. The van der Waals surface area contributed by atoms with Crippen LogP contribution in [0.4, 0.5) is 5.69 Å². The van der Waals surface area contributed by atoms with Crippen LogP contribution >= 0.6 is 0 Å². The number of quaternary nitrogens is 1. The summed E-state index contributed by atoms with van der Waals surface area (Å²) in [6.45, 7) is 3.29. The molecule has 4 rings (SSSR count). The number of carbonyl (C=O) groups is 1. The van der Waals surface area contributed by atoms with Crippen LogP contribution < -0.4 is 15.0 Å². The quantitative estimate of drug-likeness (QED) is 0.512. The average Bonchev–Trinajstić information content (AvgIpc) is 2.90. The highest BCUT2D eigenvalue weighted by Crippen LogP contribution is 2.26. The van der Waals surface area contributed by atoms with Gasteiger partial charge < -0.3 is 15.0 Å². The summed E-state index contributed by atoms with van der Waals surface area (Å²) in [5.74, 6) is 0.383. The van der Waals surface area contributed by atoms with E-state index in [9.17, 15) is 18.5 Å². The van der Waals surface area contributed by atoms with Gasteiger partial charge in [0.15, 0.2) is 6.04 Å². The first-order chi connectivity index (χ1) is 17.3. The lowest BCUT2D eigenvalue weighted by Gasteiger charge is -2.35. The van der Waals surface area contributed by atoms with Crippen molar-refractivity contribution in [1.82, 2.24) is 4.31 Å². The topological polar surface area (TPSA) is 104 Å². The lowest BCUT2D eigenvalue weighted by Crippen LogP contribution is -3.16. The Morgan fingerprint density at radius 2 is 1.72 bits per heavy atom. The molecule has 0 aliphatic carbocycles. The Hall–Kier alpha value is -3.71. The zero-order chi connectivity index (χ0) is 25.7. The highest BCUT2D eigenvalue weighted by molar-refractivity contribution is 7.89. The number of anilines is 1. The number of amides is 1. The van der Waals surface area contributed by atoms with Crippen molar-refractivity contribution < 1.29 is 22.8 Å². The number of methoxy groups -OCH3 is 1. The third-order valence-corrected chi connectivity index (χ3v) is 8.36. The first-order valence-electron chi connectivity index (χ1n) is 11.7. The Balaban J connectivity index is 1.57. The summed E-state index contributed by atoms with van der Waals surface area (Å²) in [5.41, 5.74) is 2.56. The lowest BCUT2D eigenvalue weighted by molar-refractivity contribution is -0.925. The fourth-order valence-corrected chi connectivity index (χ4v) is 6.15. The number of nitriles is 1. The molecule has 8 nitrogen and oxygen atoms in total. The van der Waals surface area contributed by atoms with E-state index >= 15 is 0 Å². The minimum Gasteiger partial charge on any atom is -0.495 e. The van der Waals surface area contributed by atoms with Crippen molar-refractivity contribution in [1.29, 1.82) is 5.26 Å². The standard InChI is InChI=1S/C27H28N4O4S/c1-20-12-13-24(35-2)23(18-20)29-27(32)26(21-8-4-3-5-9-21)30-14-16-31(17-15-30)36(33,34)25-11-7-6-10-22(25)19-28/h3-13,18,26H,14-17H2,1-2H3,(H,29,32)/p+1/t26-/m1/s1. The monoisotopic (exact) mass is 505 g/mol. The lowest BCUT2D eigenvalue weighted by atomic mass is 10.0. The van der Waals surface area contributed by atoms with Crippen LogP contribution in [0.1, 0.15) is 22.7 Å². The number of sulfonamides is 1. The van der Waals surface area contributed by atoms with Gasteiger partial charge in [0.1, 0.15) is 11.8 Å². The third kappa shape index (κ3) is 5.26. The van der Waals surface area contributed by atoms with Gasteiger partial charge in [0.2, 0.25) is 10.0 Å². The van der Waals surface area contributed by atoms with E-state index in [1.54, 1.807) is 19.2 Å². The van der Waals surface area contributed by atoms with Crippen molar-refractivity contribution in [2.24, 2.45) is 0 Å². The molecule has 1 heterocycles. The molecule has 1 amide bonds. The number of nitrogens with zero attached hydrogens (tertiary/aromatic N) is 2. The van der Waals surface area contributed by atoms with Gasteiger partial charge in [-0.25, -0.2) is 8.42 Å². The van der Waals surface area contributed by atoms with Crippen molar-refractivity contribution in [3.8, 4) is 11.8 Å². The second-order valence-corrected chi connectivity index (χ2v) is 10.6. The number of carbonyl (C=O) groups excluding carboxylic acids is 1. The van der Waals surface area contributed by atoms with Crippen molar-refractivity contribution in [2.45, 2.75) is 17.9 Å². The normalized spacial score (nSPS) is 15.6. The Morgan fingerprint density at radius 3 is 2.39 bits per heavy atom. The first kappa shape index (κ1) is 25.4. The fourth-order valence-electron chi connectivity index (χ4n) is 4.57. The van der Waals surface area contributed by atoms with Gasteiger partial charge in [-0.2, -0.15) is 9.57 Å². The largest absolute Gasteiger partial charge is 0.495 e. The average molecular weight is 506 g/mol. The number of hydrogen-bond acceptors (Lipinski definition) is 5. The molecule has 0 radical (unpaired) electrons. The number of piperazine rings is 1. The molecule has 0 spiro atoms. The molecule has 2 N–H and O–H groups in total. The van der Waals surface area contributed by atoms with Gasteiger partial charge >= 0.3 is 0 Å². The van der Waals surface area contributed by atoms with Crippen molar-refractivity contribution >= 4 is 21.6 Å². The van der Waals surface area contributed by atoms with E-state index in [0.717, 1.165) is 16.0 Å². The summed E-state index contributed by atoms with van der Waals surface area (Å²) in [4.78, 5) is 14.6. The number of hydrogen-bond donors (Lipinski definition) is 2. The van der Waals surface area contributed by atoms with Crippen LogP contribution in [0.25, 0.3) is 0 Å². The van der Waals surface area contributed by atoms with E-state index in [1.165, 1.54) is 16.4 Å². The zero-order valence-electron chi connectivity index (χ0n) is 20.3. The van der Waals surface area contributed by atoms with Crippen LogP contribution in [0.3, 0.4) is 0 Å². The number of ether oxygens (including phenoxy) is 1. The maximum atomic E-state index is 13.6. The van der Waals surface area contributed by atoms with Crippen LogP contribution in [0.2, 0.25) is 0 Å². The molecule has 1 aliphatic rings. The second kappa shape index (κ2) is 10.9. The Labute approximate surface area is 211 Å². The first-order valence-corrected chi connectivity index (χ1v) is 13.1. The van der Waals surface area contributed by atoms with Gasteiger partial charge in [0, 0.05) is 5.56 Å². The molecule has 9 heteroatoms. The summed E-state index contributed by atoms with van der Waals surface area (Å²) in [6, 6.07) is 22.8. The predicted octanol–water partition coefficient (Wildman–Crippen LogP) is 2.14. The Morgan fingerprint density at radius 1 is 1.06 bits per heavy atom. The zero-order valence-corrected chi connectivity index (χ0v) is 21.1. The molecule has 186 valence electrons. The number of nitrogens with one attached hydrogen (secondary N) is 2. The molecule has 0 unspecified atom stereocenters. The second-order valence-electron chi connectivity index (χ2n) is 8.71. The van der Waals surface area contributed by atoms with Crippen molar-refractivity contribution in [3.63, 3.8) is 0 Å². The van der Waals surface area contributed by atoms with E-state index in [4.69, 9.17) is 4.74 Å². The van der Waals surface area contributed by atoms with Crippen molar-refractivity contribution in [3.05, 3.63) is 89.5 Å². The molecular formula is C27H29N4O4S+. The summed E-state index contributed by atoms with van der Waals surface area (Å²) in [6.07, 6.45) is 0. The number of benzene rings is 3. The highest BCUT2D eigenvalue weighted by atomic mass is 32.2. The predicted molar refractivity (Wildman–Crippen MR) is 136 cm³/mol. The van der Waals surface area contributed by atoms with Gasteiger partial charge in [-0.05, 0) is 36.8 Å². The molecule has 1 fully saturated rings. The summed E-state index contributed by atoms with van der Waals surface area (Å²) < 4.78 is 33.4. The third-order valence-electron chi connectivity index (χ3n) is 6.41. The van der Waals surface area contributed by atoms with E-state index < -0.39 is 16.1 Å². The summed E-state index contributed by atoms with van der Waals surface area (Å²) in [5, 5.41) is 12.4. The van der Waals surface area contributed by atoms with E-state index in [0.29, 0.717) is 24.5 Å². The van der Waals surface area contributed by atoms with Crippen LogP contribution in [0.15, 0.2) is 77.7 Å². The van der Waals surface area contributed by atoms with Gasteiger partial charge in [0.05, 0.1) is 49.4 Å². The molecule has 1 aliphatic heterocycles. The summed E-state index contributed by atoms with van der Waals surface area (Å²) >= 11 is 0. The maximum absolute atomic E-state index is 13.6. The number of rotatable bonds is 7. The summed E-state index contributed by atoms with van der Waals surface area (Å²) in [7, 11) is -2.26. The molecule has 0 bridgehead atoms. The van der Waals surface area contributed by atoms with Crippen molar-refractivity contribution in [2.75, 3.05) is 38.6 Å². The molecule has 0 aromatic heterocycles. The molecule has 1 saturated heterocycles. The van der Waals surface area contributed by atoms with Crippen LogP contribution in [0, 0.1) is 18.3 Å². The highest BCUT2D eigenvalue weighted by Gasteiger charge is 2.38. The van der Waals surface area contributed by atoms with Gasteiger partial charge in [0.25, 0.3) is 5.91 Å². The van der Waals surface area contributed by atoms with Crippen LogP contribution in [-0.2, 0) is 14.8 Å². The van der Waals surface area contributed by atoms with Crippen LogP contribution in [0.5, 0.6) is 5.75 Å². The van der Waals surface area contributed by atoms with Gasteiger partial charge in [-0.15, -0.1) is 0 Å².